The predicted octanol–water partition coefficient (Wildman–Crippen LogP) is 6.87. The topological polar surface area (TPSA) is 83.1 Å². The number of amides is 2. The second-order valence-corrected chi connectivity index (χ2v) is 14.8. The summed E-state index contributed by atoms with van der Waals surface area (Å²) in [6.45, 7) is 4.31. The molecule has 1 aliphatic heterocycles. The van der Waals surface area contributed by atoms with Crippen LogP contribution in [0.5, 0.6) is 0 Å². The Morgan fingerprint density at radius 3 is 2.07 bits per heavy atom. The summed E-state index contributed by atoms with van der Waals surface area (Å²) in [7, 11) is 2.14. The average Bonchev–Trinajstić information content (AvgIpc) is 3.05. The molecule has 3 aromatic rings. The quantitative estimate of drug-likeness (QED) is 0.230. The standard InChI is InChI=1S/C39H49N3O4/c1-26-35(24-42(2)23-28-6-4-3-5-7-28)45-37(46-36(26)33-12-10-29(25-43)11-13-33)34-14-8-27(9-15-34)22-40-38(44)41-39-19-30-16-31(20-39)18-32(17-30)21-39/h3-15,26,30-32,35-37,43H,16-25H2,1-2H3,(H2,40,41,44)/t26-,30?,31?,32?,35+,36+,37+,39?/m1/s1. The lowest BCUT2D eigenvalue weighted by Crippen LogP contribution is -2.61. The first kappa shape index (κ1) is 31.4. The number of carbonyl (C=O) groups excluding carboxylic acids is 1. The van der Waals surface area contributed by atoms with Crippen molar-refractivity contribution in [3.8, 4) is 0 Å². The summed E-state index contributed by atoms with van der Waals surface area (Å²) in [5, 5.41) is 16.1. The SMILES string of the molecule is C[C@@H]1[C@H](CN(C)Cc2ccccc2)O[C@H](c2ccc(CNC(=O)NC34CC5CC(CC(C5)C3)C4)cc2)O[C@@H]1c1ccc(CO)cc1. The fraction of sp³-hybridized carbons (Fsp3) is 0.513. The fourth-order valence-corrected chi connectivity index (χ4v) is 9.12. The smallest absolute Gasteiger partial charge is 0.315 e. The number of hydrogen-bond acceptors (Lipinski definition) is 5. The van der Waals surface area contributed by atoms with Gasteiger partial charge in [0.15, 0.2) is 6.29 Å². The van der Waals surface area contributed by atoms with Crippen molar-refractivity contribution in [2.24, 2.45) is 23.7 Å². The van der Waals surface area contributed by atoms with E-state index in [0.717, 1.165) is 72.4 Å². The summed E-state index contributed by atoms with van der Waals surface area (Å²) in [6.07, 6.45) is 6.82. The lowest BCUT2D eigenvalue weighted by molar-refractivity contribution is -0.276. The summed E-state index contributed by atoms with van der Waals surface area (Å²) in [4.78, 5) is 15.3. The highest BCUT2D eigenvalue weighted by molar-refractivity contribution is 5.75. The molecule has 2 amide bonds. The van der Waals surface area contributed by atoms with Gasteiger partial charge in [0, 0.05) is 36.7 Å². The van der Waals surface area contributed by atoms with Crippen molar-refractivity contribution in [3.05, 3.63) is 107 Å². The van der Waals surface area contributed by atoms with Gasteiger partial charge in [-0.05, 0) is 85.6 Å². The number of aliphatic hydroxyl groups is 1. The van der Waals surface area contributed by atoms with Crippen molar-refractivity contribution in [1.82, 2.24) is 15.5 Å². The molecule has 244 valence electrons. The Bertz CT molecular complexity index is 1430. The molecule has 0 unspecified atom stereocenters. The number of ether oxygens (including phenoxy) is 2. The van der Waals surface area contributed by atoms with Gasteiger partial charge < -0.3 is 25.2 Å². The van der Waals surface area contributed by atoms with Crippen LogP contribution in [0, 0.1) is 23.7 Å². The molecule has 1 saturated heterocycles. The molecule has 0 aromatic heterocycles. The second-order valence-electron chi connectivity index (χ2n) is 14.8. The van der Waals surface area contributed by atoms with Crippen LogP contribution in [-0.4, -0.2) is 41.3 Å². The van der Waals surface area contributed by atoms with Gasteiger partial charge in [0.25, 0.3) is 0 Å². The third-order valence-corrected chi connectivity index (χ3v) is 11.0. The van der Waals surface area contributed by atoms with Crippen molar-refractivity contribution in [2.45, 2.75) is 89.2 Å². The first-order valence-electron chi connectivity index (χ1n) is 17.2. The van der Waals surface area contributed by atoms with E-state index in [2.05, 4.69) is 90.2 Å². The third kappa shape index (κ3) is 7.03. The predicted molar refractivity (Wildman–Crippen MR) is 178 cm³/mol. The van der Waals surface area contributed by atoms with Gasteiger partial charge in [-0.1, -0.05) is 85.8 Å². The zero-order valence-corrected chi connectivity index (χ0v) is 27.2. The number of benzene rings is 3. The number of likely N-dealkylation sites (N-methyl/N-ethyl adjacent to an activating group) is 1. The van der Waals surface area contributed by atoms with Gasteiger partial charge in [0.2, 0.25) is 0 Å². The zero-order chi connectivity index (χ0) is 31.7. The molecule has 5 fully saturated rings. The molecular formula is C39H49N3O4. The van der Waals surface area contributed by atoms with E-state index in [9.17, 15) is 9.90 Å². The third-order valence-electron chi connectivity index (χ3n) is 11.0. The van der Waals surface area contributed by atoms with Crippen molar-refractivity contribution in [2.75, 3.05) is 13.6 Å². The highest BCUT2D eigenvalue weighted by atomic mass is 16.7. The Kier molecular flexibility index (Phi) is 9.19. The number of hydrogen-bond donors (Lipinski definition) is 3. The van der Waals surface area contributed by atoms with Crippen LogP contribution in [0.25, 0.3) is 0 Å². The maximum absolute atomic E-state index is 13.0. The Morgan fingerprint density at radius 1 is 0.826 bits per heavy atom. The van der Waals surface area contributed by atoms with Gasteiger partial charge in [-0.25, -0.2) is 4.79 Å². The number of nitrogens with one attached hydrogen (secondary N) is 2. The van der Waals surface area contributed by atoms with Crippen molar-refractivity contribution < 1.29 is 19.4 Å². The second kappa shape index (κ2) is 13.5. The van der Waals surface area contributed by atoms with Crippen LogP contribution in [-0.2, 0) is 29.2 Å². The van der Waals surface area contributed by atoms with Crippen LogP contribution in [0.4, 0.5) is 4.79 Å². The minimum absolute atomic E-state index is 0.0101. The molecule has 5 aliphatic rings. The van der Waals surface area contributed by atoms with E-state index in [4.69, 9.17) is 9.47 Å². The van der Waals surface area contributed by atoms with E-state index < -0.39 is 6.29 Å². The minimum atomic E-state index is -0.518. The van der Waals surface area contributed by atoms with Crippen molar-refractivity contribution in [1.29, 1.82) is 0 Å². The fourth-order valence-electron chi connectivity index (χ4n) is 9.12. The molecule has 0 radical (unpaired) electrons. The first-order chi connectivity index (χ1) is 22.3. The number of rotatable bonds is 10. The van der Waals surface area contributed by atoms with Crippen LogP contribution in [0.3, 0.4) is 0 Å². The Balaban J connectivity index is 1.00. The van der Waals surface area contributed by atoms with Gasteiger partial charge in [0.1, 0.15) is 0 Å². The van der Waals surface area contributed by atoms with E-state index in [-0.39, 0.29) is 36.3 Å². The number of aliphatic hydroxyl groups excluding tert-OH is 1. The maximum Gasteiger partial charge on any atom is 0.315 e. The highest BCUT2D eigenvalue weighted by Crippen LogP contribution is 2.55. The molecule has 0 spiro atoms. The van der Waals surface area contributed by atoms with Crippen LogP contribution < -0.4 is 10.6 Å². The molecule has 8 rings (SSSR count). The molecule has 3 N–H and O–H groups in total. The Morgan fingerprint density at radius 2 is 1.43 bits per heavy atom. The van der Waals surface area contributed by atoms with Gasteiger partial charge in [0.05, 0.1) is 18.8 Å². The maximum atomic E-state index is 13.0. The van der Waals surface area contributed by atoms with Gasteiger partial charge in [-0.2, -0.15) is 0 Å². The number of nitrogens with zero attached hydrogens (tertiary/aromatic N) is 1. The van der Waals surface area contributed by atoms with Crippen molar-refractivity contribution in [3.63, 3.8) is 0 Å². The lowest BCUT2D eigenvalue weighted by atomic mass is 9.53. The first-order valence-corrected chi connectivity index (χ1v) is 17.2. The van der Waals surface area contributed by atoms with E-state index >= 15 is 0 Å². The largest absolute Gasteiger partial charge is 0.392 e. The zero-order valence-electron chi connectivity index (χ0n) is 27.2. The molecule has 46 heavy (non-hydrogen) atoms. The van der Waals surface area contributed by atoms with E-state index in [1.165, 1.54) is 24.8 Å². The molecule has 4 saturated carbocycles. The monoisotopic (exact) mass is 623 g/mol. The summed E-state index contributed by atoms with van der Waals surface area (Å²) >= 11 is 0. The summed E-state index contributed by atoms with van der Waals surface area (Å²) in [6, 6.07) is 26.8. The van der Waals surface area contributed by atoms with Gasteiger partial charge in [-0.15, -0.1) is 0 Å². The molecule has 3 aromatic carbocycles. The molecule has 7 nitrogen and oxygen atoms in total. The Labute approximate surface area is 273 Å². The summed E-state index contributed by atoms with van der Waals surface area (Å²) < 4.78 is 13.3. The highest BCUT2D eigenvalue weighted by Gasteiger charge is 2.51. The van der Waals surface area contributed by atoms with E-state index in [0.29, 0.717) is 6.54 Å². The lowest BCUT2D eigenvalue weighted by Gasteiger charge is -2.56. The van der Waals surface area contributed by atoms with Crippen LogP contribution >= 0.6 is 0 Å². The normalized spacial score (nSPS) is 31.6. The van der Waals surface area contributed by atoms with Gasteiger partial charge in [-0.3, -0.25) is 4.90 Å². The number of carbonyl (C=O) groups is 1. The van der Waals surface area contributed by atoms with Crippen LogP contribution in [0.15, 0.2) is 78.9 Å². The van der Waals surface area contributed by atoms with Crippen molar-refractivity contribution >= 4 is 6.03 Å². The molecule has 4 aliphatic carbocycles. The summed E-state index contributed by atoms with van der Waals surface area (Å²) in [5.74, 6) is 2.52. The molecule has 4 atom stereocenters. The Hall–Kier alpha value is -3.23. The molecular weight excluding hydrogens is 574 g/mol. The van der Waals surface area contributed by atoms with Crippen LogP contribution in [0.2, 0.25) is 0 Å². The number of urea groups is 1. The molecule has 4 bridgehead atoms. The van der Waals surface area contributed by atoms with E-state index in [1.807, 2.05) is 18.2 Å². The minimum Gasteiger partial charge on any atom is -0.392 e. The van der Waals surface area contributed by atoms with E-state index in [1.54, 1.807) is 0 Å². The average molecular weight is 624 g/mol. The summed E-state index contributed by atoms with van der Waals surface area (Å²) in [5.41, 5.74) is 5.25. The van der Waals surface area contributed by atoms with Crippen LogP contribution in [0.1, 0.15) is 85.7 Å². The molecule has 1 heterocycles. The van der Waals surface area contributed by atoms with Gasteiger partial charge >= 0.3 is 6.03 Å². The molecule has 7 heteroatoms.